The summed E-state index contributed by atoms with van der Waals surface area (Å²) in [6, 6.07) is 0. The standard InChI is InChI=1S/C11H17ClN5O12P3/c1-11(12)7(18)5(2-26-31(22,23)29-32(24,25)28-30(19,20)21)27-10(11)17-4-16-6-8(13)14-3-15-9(6)17/h3-5,7,10,18H,2H2,1H3,(H,22,23)(H,24,25)(H2,13,14,15)(H2,19,20,21)/p-2/t5-,7-,10-,11-/m1/s1. The summed E-state index contributed by atoms with van der Waals surface area (Å²) in [6.07, 6.45) is -1.68. The number of nitrogens with two attached hydrogens (primary N) is 1. The lowest BCUT2D eigenvalue weighted by Gasteiger charge is -2.28. The number of alkyl halides is 1. The van der Waals surface area contributed by atoms with Crippen LogP contribution >= 0.6 is 35.1 Å². The molecule has 3 rings (SSSR count). The molecule has 3 unspecified atom stereocenters. The molecule has 0 saturated carbocycles. The molecule has 3 heterocycles. The highest BCUT2D eigenvalue weighted by atomic mass is 35.5. The molecule has 0 amide bonds. The van der Waals surface area contributed by atoms with Crippen LogP contribution in [0, 0.1) is 0 Å². The molecule has 1 aliphatic heterocycles. The predicted molar refractivity (Wildman–Crippen MR) is 99.3 cm³/mol. The van der Waals surface area contributed by atoms with Crippen LogP contribution in [0.15, 0.2) is 12.7 Å². The van der Waals surface area contributed by atoms with E-state index in [9.17, 15) is 33.5 Å². The van der Waals surface area contributed by atoms with E-state index in [0.29, 0.717) is 0 Å². The largest absolute Gasteiger partial charge is 0.756 e. The number of aliphatic hydroxyl groups is 1. The number of fused-ring (bicyclic) bond motifs is 1. The van der Waals surface area contributed by atoms with Crippen LogP contribution in [0.5, 0.6) is 0 Å². The second-order valence-electron chi connectivity index (χ2n) is 6.55. The molecule has 1 fully saturated rings. The Bertz CT molecular complexity index is 1150. The highest BCUT2D eigenvalue weighted by Gasteiger charge is 2.54. The summed E-state index contributed by atoms with van der Waals surface area (Å²) < 4.78 is 51.8. The molecule has 0 radical (unpaired) electrons. The maximum absolute atomic E-state index is 11.8. The normalized spacial score (nSPS) is 31.8. The van der Waals surface area contributed by atoms with Crippen molar-refractivity contribution in [3.8, 4) is 0 Å². The van der Waals surface area contributed by atoms with E-state index in [1.165, 1.54) is 17.8 Å². The zero-order valence-corrected chi connectivity index (χ0v) is 19.1. The molecule has 0 aromatic carbocycles. The smallest absolute Gasteiger partial charge is 0.478 e. The Labute approximate surface area is 183 Å². The Balaban J connectivity index is 1.74. The van der Waals surface area contributed by atoms with E-state index in [-0.39, 0.29) is 17.0 Å². The fourth-order valence-electron chi connectivity index (χ4n) is 2.85. The van der Waals surface area contributed by atoms with Crippen LogP contribution in [0.3, 0.4) is 0 Å². The number of nitrogen functional groups attached to an aromatic ring is 1. The first-order chi connectivity index (χ1) is 14.5. The van der Waals surface area contributed by atoms with E-state index in [1.807, 2.05) is 0 Å². The minimum atomic E-state index is -6.00. The van der Waals surface area contributed by atoms with Gasteiger partial charge in [-0.25, -0.2) is 28.1 Å². The van der Waals surface area contributed by atoms with E-state index < -0.39 is 53.4 Å². The van der Waals surface area contributed by atoms with Gasteiger partial charge in [-0.15, -0.1) is 11.6 Å². The van der Waals surface area contributed by atoms with Gasteiger partial charge in [-0.3, -0.25) is 18.2 Å². The van der Waals surface area contributed by atoms with Crippen LogP contribution in [0.4, 0.5) is 5.82 Å². The van der Waals surface area contributed by atoms with Crippen molar-refractivity contribution in [3.63, 3.8) is 0 Å². The summed E-state index contributed by atoms with van der Waals surface area (Å²) >= 11 is 6.41. The number of ether oxygens (including phenoxy) is 1. The van der Waals surface area contributed by atoms with Crippen LogP contribution in [0.25, 0.3) is 11.2 Å². The van der Waals surface area contributed by atoms with Crippen LogP contribution < -0.4 is 15.5 Å². The molecule has 5 N–H and O–H groups in total. The van der Waals surface area contributed by atoms with Gasteiger partial charge in [-0.1, -0.05) is 0 Å². The fourth-order valence-corrected chi connectivity index (χ4v) is 6.08. The first-order valence-electron chi connectivity index (χ1n) is 8.23. The number of aliphatic hydroxyl groups excluding tert-OH is 1. The van der Waals surface area contributed by atoms with Gasteiger partial charge in [0.05, 0.1) is 12.9 Å². The molecule has 180 valence electrons. The molecule has 7 atom stereocenters. The minimum absolute atomic E-state index is 0.0663. The van der Waals surface area contributed by atoms with Gasteiger partial charge >= 0.3 is 7.82 Å². The lowest BCUT2D eigenvalue weighted by molar-refractivity contribution is -0.236. The molecule has 1 saturated heterocycles. The number of imidazole rings is 1. The second-order valence-corrected chi connectivity index (χ2v) is 11.7. The number of rotatable bonds is 8. The Morgan fingerprint density at radius 3 is 2.56 bits per heavy atom. The van der Waals surface area contributed by atoms with Crippen LogP contribution in [-0.4, -0.2) is 58.1 Å². The van der Waals surface area contributed by atoms with Crippen molar-refractivity contribution in [2.75, 3.05) is 12.3 Å². The number of anilines is 1. The fraction of sp³-hybridized carbons (Fsp3) is 0.545. The third-order valence-electron chi connectivity index (χ3n) is 4.17. The average molecular weight is 538 g/mol. The summed E-state index contributed by atoms with van der Waals surface area (Å²) in [5, 5.41) is 10.5. The summed E-state index contributed by atoms with van der Waals surface area (Å²) in [5.41, 5.74) is 6.14. The van der Waals surface area contributed by atoms with Gasteiger partial charge < -0.3 is 35.2 Å². The van der Waals surface area contributed by atoms with Crippen molar-refractivity contribution in [3.05, 3.63) is 12.7 Å². The predicted octanol–water partition coefficient (Wildman–Crippen LogP) is -1.26. The van der Waals surface area contributed by atoms with Gasteiger partial charge in [0.2, 0.25) is 0 Å². The molecule has 0 bridgehead atoms. The Hall–Kier alpha value is -1.03. The quantitative estimate of drug-likeness (QED) is 0.226. The summed E-state index contributed by atoms with van der Waals surface area (Å²) in [7, 11) is -17.4. The lowest BCUT2D eigenvalue weighted by Crippen LogP contribution is -2.39. The van der Waals surface area contributed by atoms with Gasteiger partial charge in [0.1, 0.15) is 28.9 Å². The van der Waals surface area contributed by atoms with E-state index in [1.54, 1.807) is 0 Å². The molecule has 0 aliphatic carbocycles. The summed E-state index contributed by atoms with van der Waals surface area (Å²) in [5.74, 6) is 0.0663. The molecular weight excluding hydrogens is 523 g/mol. The molecule has 1 aliphatic rings. The maximum atomic E-state index is 11.8. The van der Waals surface area contributed by atoms with Crippen LogP contribution in [-0.2, 0) is 31.6 Å². The van der Waals surface area contributed by atoms with Gasteiger partial charge in [0.15, 0.2) is 17.7 Å². The van der Waals surface area contributed by atoms with E-state index >= 15 is 0 Å². The molecular formula is C11H15ClN5O12P3-2. The minimum Gasteiger partial charge on any atom is -0.756 e. The maximum Gasteiger partial charge on any atom is 0.478 e. The van der Waals surface area contributed by atoms with Crippen molar-refractivity contribution >= 4 is 52.1 Å². The zero-order chi connectivity index (χ0) is 24.1. The molecule has 21 heteroatoms. The average Bonchev–Trinajstić information content (AvgIpc) is 3.11. The van der Waals surface area contributed by atoms with Gasteiger partial charge in [-0.05, 0) is 6.92 Å². The van der Waals surface area contributed by atoms with Gasteiger partial charge in [0, 0.05) is 0 Å². The Morgan fingerprint density at radius 2 is 1.94 bits per heavy atom. The Kier molecular flexibility index (Phi) is 6.91. The van der Waals surface area contributed by atoms with E-state index in [4.69, 9.17) is 27.0 Å². The SMILES string of the molecule is C[C@@]1(Cl)[C@H](O)[C@@H](COP(=O)(O)OP(=O)([O-])OP(=O)([O-])O)O[C@H]1n1cnc2c(N)ncnc21. The highest BCUT2D eigenvalue weighted by molar-refractivity contribution is 7.65. The van der Waals surface area contributed by atoms with E-state index in [0.717, 1.165) is 6.33 Å². The van der Waals surface area contributed by atoms with Crippen molar-refractivity contribution in [2.45, 2.75) is 30.2 Å². The van der Waals surface area contributed by atoms with Crippen molar-refractivity contribution in [1.82, 2.24) is 19.5 Å². The van der Waals surface area contributed by atoms with Crippen molar-refractivity contribution in [2.24, 2.45) is 0 Å². The lowest BCUT2D eigenvalue weighted by atomic mass is 10.0. The van der Waals surface area contributed by atoms with Gasteiger partial charge in [0.25, 0.3) is 15.6 Å². The zero-order valence-electron chi connectivity index (χ0n) is 15.7. The van der Waals surface area contributed by atoms with Crippen molar-refractivity contribution in [1.29, 1.82) is 0 Å². The number of halogens is 1. The number of phosphoric ester groups is 1. The van der Waals surface area contributed by atoms with Crippen LogP contribution in [0.2, 0.25) is 0 Å². The molecule has 17 nitrogen and oxygen atoms in total. The number of phosphoric acid groups is 3. The first kappa shape index (κ1) is 25.6. The summed E-state index contributed by atoms with van der Waals surface area (Å²) in [6.45, 7) is 0.438. The number of hydrogen-bond donors (Lipinski definition) is 4. The van der Waals surface area contributed by atoms with Crippen molar-refractivity contribution < 1.29 is 56.3 Å². The van der Waals surface area contributed by atoms with Gasteiger partial charge in [-0.2, -0.15) is 0 Å². The monoisotopic (exact) mass is 537 g/mol. The molecule has 2 aromatic rings. The van der Waals surface area contributed by atoms with Crippen LogP contribution in [0.1, 0.15) is 13.2 Å². The second kappa shape index (κ2) is 8.64. The summed E-state index contributed by atoms with van der Waals surface area (Å²) in [4.78, 5) is 49.9. The third kappa shape index (κ3) is 5.54. The number of nitrogens with zero attached hydrogens (tertiary/aromatic N) is 4. The third-order valence-corrected chi connectivity index (χ3v) is 8.30. The highest BCUT2D eigenvalue weighted by Crippen LogP contribution is 2.63. The number of aromatic nitrogens is 4. The Morgan fingerprint density at radius 1 is 1.28 bits per heavy atom. The number of hydrogen-bond acceptors (Lipinski definition) is 14. The first-order valence-corrected chi connectivity index (χ1v) is 13.1. The molecule has 0 spiro atoms. The topological polar surface area (TPSA) is 265 Å². The van der Waals surface area contributed by atoms with E-state index in [2.05, 4.69) is 28.1 Å². The molecule has 2 aromatic heterocycles. The molecule has 32 heavy (non-hydrogen) atoms.